The first-order chi connectivity index (χ1) is 14.0. The van der Waals surface area contributed by atoms with Crippen molar-refractivity contribution in [3.8, 4) is 11.3 Å². The number of halogens is 3. The van der Waals surface area contributed by atoms with Gasteiger partial charge in [0.15, 0.2) is 5.65 Å². The number of hydrogen-bond donors (Lipinski definition) is 0. The van der Waals surface area contributed by atoms with Gasteiger partial charge in [0.25, 0.3) is 0 Å². The number of imidazole rings is 1. The molecule has 3 aromatic rings. The van der Waals surface area contributed by atoms with Crippen LogP contribution in [0.4, 0.5) is 10.2 Å². The van der Waals surface area contributed by atoms with Crippen LogP contribution < -0.4 is 4.90 Å². The van der Waals surface area contributed by atoms with Crippen molar-refractivity contribution in [3.05, 3.63) is 46.3 Å². The van der Waals surface area contributed by atoms with Crippen molar-refractivity contribution >= 4 is 40.6 Å². The molecule has 0 aliphatic heterocycles. The molecule has 2 aromatic heterocycles. The maximum atomic E-state index is 12.9. The van der Waals surface area contributed by atoms with E-state index in [1.807, 2.05) is 18.2 Å². The number of anilines is 1. The van der Waals surface area contributed by atoms with Crippen LogP contribution in [-0.2, 0) is 11.2 Å². The molecule has 0 atom stereocenters. The summed E-state index contributed by atoms with van der Waals surface area (Å²) >= 11 is 12.4. The molecule has 0 spiro atoms. The van der Waals surface area contributed by atoms with Crippen molar-refractivity contribution in [2.75, 3.05) is 18.1 Å². The van der Waals surface area contributed by atoms with Crippen molar-refractivity contribution in [2.45, 2.75) is 39.5 Å². The predicted octanol–water partition coefficient (Wildman–Crippen LogP) is 5.76. The zero-order valence-corrected chi connectivity index (χ0v) is 18.0. The molecule has 154 valence electrons. The third kappa shape index (κ3) is 4.38. The Kier molecular flexibility index (Phi) is 7.09. The van der Waals surface area contributed by atoms with Gasteiger partial charge >= 0.3 is 0 Å². The van der Waals surface area contributed by atoms with E-state index in [1.54, 1.807) is 35.5 Å². The Morgan fingerprint density at radius 2 is 2.07 bits per heavy atom. The van der Waals surface area contributed by atoms with E-state index in [2.05, 4.69) is 4.98 Å². The van der Waals surface area contributed by atoms with E-state index in [4.69, 9.17) is 28.2 Å². The summed E-state index contributed by atoms with van der Waals surface area (Å²) in [5.41, 5.74) is 2.66. The first kappa shape index (κ1) is 21.5. The summed E-state index contributed by atoms with van der Waals surface area (Å²) in [6.07, 6.45) is 5.42. The average molecular weight is 437 g/mol. The molecule has 1 aromatic carbocycles. The van der Waals surface area contributed by atoms with Gasteiger partial charge in [-0.05, 0) is 37.5 Å². The number of nitrogens with zero attached hydrogens (tertiary/aromatic N) is 4. The molecule has 1 amide bonds. The smallest absolute Gasteiger partial charge is 0.228 e. The Morgan fingerprint density at radius 3 is 2.72 bits per heavy atom. The second-order valence-electron chi connectivity index (χ2n) is 6.67. The van der Waals surface area contributed by atoms with E-state index in [0.29, 0.717) is 52.2 Å². The standard InChI is InChI=1S/C21H23Cl2FN4O/c1-3-6-18(29)27(11-5-9-24)21-17(4-2)26-20-19(25-10-12-28(20)21)15-8-7-14(22)13-16(15)23/h7-8,10,12-13H,3-6,9,11H2,1-2H3. The summed E-state index contributed by atoms with van der Waals surface area (Å²) in [7, 11) is 0. The number of aryl methyl sites for hydroxylation is 1. The van der Waals surface area contributed by atoms with Gasteiger partial charge in [0.1, 0.15) is 11.5 Å². The van der Waals surface area contributed by atoms with E-state index in [9.17, 15) is 9.18 Å². The third-order valence-electron chi connectivity index (χ3n) is 4.64. The zero-order valence-electron chi connectivity index (χ0n) is 16.5. The fourth-order valence-electron chi connectivity index (χ4n) is 3.32. The van der Waals surface area contributed by atoms with Gasteiger partial charge in [-0.3, -0.25) is 23.5 Å². The number of alkyl halides is 1. The molecule has 2 heterocycles. The van der Waals surface area contributed by atoms with Crippen LogP contribution in [0, 0.1) is 0 Å². The summed E-state index contributed by atoms with van der Waals surface area (Å²) in [6, 6.07) is 5.21. The molecule has 5 nitrogen and oxygen atoms in total. The van der Waals surface area contributed by atoms with Gasteiger partial charge in [-0.25, -0.2) is 4.98 Å². The Morgan fingerprint density at radius 1 is 1.28 bits per heavy atom. The van der Waals surface area contributed by atoms with Crippen LogP contribution in [0.5, 0.6) is 0 Å². The van der Waals surface area contributed by atoms with Crippen LogP contribution in [0.15, 0.2) is 30.6 Å². The van der Waals surface area contributed by atoms with Crippen molar-refractivity contribution < 1.29 is 9.18 Å². The quantitative estimate of drug-likeness (QED) is 0.450. The molecule has 0 saturated heterocycles. The van der Waals surface area contributed by atoms with E-state index in [1.165, 1.54) is 0 Å². The predicted molar refractivity (Wildman–Crippen MR) is 116 cm³/mol. The first-order valence-corrected chi connectivity index (χ1v) is 10.4. The van der Waals surface area contributed by atoms with Gasteiger partial charge in [0, 0.05) is 35.9 Å². The van der Waals surface area contributed by atoms with Gasteiger partial charge in [0.05, 0.1) is 17.4 Å². The molecule has 0 radical (unpaired) electrons. The number of benzene rings is 1. The zero-order chi connectivity index (χ0) is 21.0. The summed E-state index contributed by atoms with van der Waals surface area (Å²) in [5, 5.41) is 1.00. The van der Waals surface area contributed by atoms with Crippen LogP contribution >= 0.6 is 23.2 Å². The lowest BCUT2D eigenvalue weighted by molar-refractivity contribution is -0.118. The Labute approximate surface area is 179 Å². The van der Waals surface area contributed by atoms with Crippen LogP contribution in [0.3, 0.4) is 0 Å². The minimum atomic E-state index is -0.485. The minimum absolute atomic E-state index is 0.0414. The third-order valence-corrected chi connectivity index (χ3v) is 5.19. The van der Waals surface area contributed by atoms with E-state index < -0.39 is 6.67 Å². The molecule has 8 heteroatoms. The summed E-state index contributed by atoms with van der Waals surface area (Å²) < 4.78 is 14.8. The van der Waals surface area contributed by atoms with Crippen LogP contribution in [0.1, 0.15) is 38.8 Å². The first-order valence-electron chi connectivity index (χ1n) is 9.69. The number of amides is 1. The lowest BCUT2D eigenvalue weighted by Gasteiger charge is -2.23. The van der Waals surface area contributed by atoms with Gasteiger partial charge in [0.2, 0.25) is 5.91 Å². The van der Waals surface area contributed by atoms with Gasteiger partial charge in [-0.2, -0.15) is 0 Å². The molecule has 0 unspecified atom stereocenters. The Hall–Kier alpha value is -2.18. The van der Waals surface area contributed by atoms with Crippen LogP contribution in [0.25, 0.3) is 16.9 Å². The minimum Gasteiger partial charge on any atom is -0.296 e. The number of fused-ring (bicyclic) bond motifs is 1. The van der Waals surface area contributed by atoms with Crippen molar-refractivity contribution in [3.63, 3.8) is 0 Å². The Bertz CT molecular complexity index is 1020. The van der Waals surface area contributed by atoms with E-state index in [-0.39, 0.29) is 12.3 Å². The summed E-state index contributed by atoms with van der Waals surface area (Å²) in [6.45, 7) is 3.74. The second-order valence-corrected chi connectivity index (χ2v) is 7.51. The molecule has 3 rings (SSSR count). The average Bonchev–Trinajstić information content (AvgIpc) is 3.07. The molecule has 0 saturated carbocycles. The highest BCUT2D eigenvalue weighted by Crippen LogP contribution is 2.34. The lowest BCUT2D eigenvalue weighted by atomic mass is 10.1. The normalized spacial score (nSPS) is 11.2. The summed E-state index contributed by atoms with van der Waals surface area (Å²) in [5.74, 6) is 0.628. The lowest BCUT2D eigenvalue weighted by Crippen LogP contribution is -2.33. The topological polar surface area (TPSA) is 50.5 Å². The molecule has 29 heavy (non-hydrogen) atoms. The number of carbonyl (C=O) groups is 1. The fraction of sp³-hybridized carbons (Fsp3) is 0.381. The highest BCUT2D eigenvalue weighted by atomic mass is 35.5. The van der Waals surface area contributed by atoms with Gasteiger partial charge < -0.3 is 0 Å². The maximum Gasteiger partial charge on any atom is 0.228 e. The van der Waals surface area contributed by atoms with Crippen LogP contribution in [0.2, 0.25) is 10.0 Å². The van der Waals surface area contributed by atoms with Crippen LogP contribution in [-0.4, -0.2) is 33.5 Å². The number of carbonyl (C=O) groups excluding carboxylic acids is 1. The van der Waals surface area contributed by atoms with Crippen molar-refractivity contribution in [1.82, 2.24) is 14.4 Å². The largest absolute Gasteiger partial charge is 0.296 e. The maximum absolute atomic E-state index is 12.9. The SMILES string of the molecule is CCCC(=O)N(CCCF)c1c(CC)nc2c(-c3ccc(Cl)cc3Cl)nccn12. The summed E-state index contributed by atoms with van der Waals surface area (Å²) in [4.78, 5) is 23.7. The van der Waals surface area contributed by atoms with E-state index >= 15 is 0 Å². The van der Waals surface area contributed by atoms with E-state index in [0.717, 1.165) is 12.1 Å². The highest BCUT2D eigenvalue weighted by molar-refractivity contribution is 6.36. The second kappa shape index (κ2) is 9.55. The number of hydrogen-bond acceptors (Lipinski definition) is 3. The number of aromatic nitrogens is 3. The molecule has 0 fully saturated rings. The van der Waals surface area contributed by atoms with Crippen molar-refractivity contribution in [2.24, 2.45) is 0 Å². The van der Waals surface area contributed by atoms with Gasteiger partial charge in [-0.1, -0.05) is 37.0 Å². The number of rotatable bonds is 8. The fourth-order valence-corrected chi connectivity index (χ4v) is 3.82. The molecular formula is C21H23Cl2FN4O. The monoisotopic (exact) mass is 436 g/mol. The highest BCUT2D eigenvalue weighted by Gasteiger charge is 2.24. The molecule has 0 N–H and O–H groups in total. The van der Waals surface area contributed by atoms with Crippen molar-refractivity contribution in [1.29, 1.82) is 0 Å². The Balaban J connectivity index is 2.21. The molecule has 0 aliphatic carbocycles. The van der Waals surface area contributed by atoms with Gasteiger partial charge in [-0.15, -0.1) is 0 Å². The molecule has 0 aliphatic rings. The molecule has 0 bridgehead atoms. The molecular weight excluding hydrogens is 414 g/mol.